The fourth-order valence-electron chi connectivity index (χ4n) is 3.67. The van der Waals surface area contributed by atoms with E-state index in [0.29, 0.717) is 11.6 Å². The van der Waals surface area contributed by atoms with E-state index in [4.69, 9.17) is 4.74 Å². The van der Waals surface area contributed by atoms with Crippen molar-refractivity contribution in [3.8, 4) is 22.1 Å². The summed E-state index contributed by atoms with van der Waals surface area (Å²) in [5.41, 5.74) is 1.69. The van der Waals surface area contributed by atoms with Crippen molar-refractivity contribution in [1.82, 2.24) is 29.6 Å². The highest BCUT2D eigenvalue weighted by Crippen LogP contribution is 2.27. The van der Waals surface area contributed by atoms with Gasteiger partial charge < -0.3 is 14.6 Å². The molecule has 0 aliphatic rings. The molecule has 0 aliphatic heterocycles. The maximum atomic E-state index is 13.4. The fraction of sp³-hybridized carbons (Fsp3) is 0.120. The Bertz CT molecular complexity index is 1390. The number of imidazole rings is 1. The number of nitrogens with one attached hydrogen (secondary N) is 1. The summed E-state index contributed by atoms with van der Waals surface area (Å²) in [6.07, 6.45) is 3.55. The second kappa shape index (κ2) is 9.32. The van der Waals surface area contributed by atoms with Crippen LogP contribution in [0.2, 0.25) is 0 Å². The van der Waals surface area contributed by atoms with E-state index < -0.39 is 11.9 Å². The van der Waals surface area contributed by atoms with Crippen LogP contribution in [0.1, 0.15) is 28.0 Å². The van der Waals surface area contributed by atoms with Crippen LogP contribution < -0.4 is 10.1 Å². The summed E-state index contributed by atoms with van der Waals surface area (Å²) in [5.74, 6) is 1.73. The largest absolute Gasteiger partial charge is 0.497 e. The molecule has 34 heavy (non-hydrogen) atoms. The number of carbonyl (C=O) groups is 1. The van der Waals surface area contributed by atoms with E-state index in [1.54, 1.807) is 29.3 Å². The van der Waals surface area contributed by atoms with E-state index >= 15 is 0 Å². The second-order valence-corrected chi connectivity index (χ2v) is 8.51. The number of aromatic nitrogens is 5. The van der Waals surface area contributed by atoms with Gasteiger partial charge in [-0.05, 0) is 41.3 Å². The molecular formula is C25H22N6O2S. The maximum absolute atomic E-state index is 13.4. The van der Waals surface area contributed by atoms with E-state index in [-0.39, 0.29) is 5.82 Å². The number of para-hydroxylation sites is 1. The van der Waals surface area contributed by atoms with Gasteiger partial charge in [0.05, 0.1) is 17.7 Å². The van der Waals surface area contributed by atoms with Gasteiger partial charge in [-0.1, -0.05) is 36.4 Å². The molecule has 0 spiro atoms. The van der Waals surface area contributed by atoms with E-state index in [1.165, 1.54) is 0 Å². The van der Waals surface area contributed by atoms with Gasteiger partial charge in [0.25, 0.3) is 5.91 Å². The molecule has 3 aromatic heterocycles. The first-order valence-electron chi connectivity index (χ1n) is 10.6. The number of ether oxygens (including phenoxy) is 1. The SMILES string of the molecule is COc1ccc(C(NC(=O)c2nc(-c3cccs3)n(-c3ccccc3)n2)c2nccn2C)cc1. The van der Waals surface area contributed by atoms with Crippen molar-refractivity contribution in [3.63, 3.8) is 0 Å². The number of thiophene rings is 1. The molecule has 2 aromatic carbocycles. The van der Waals surface area contributed by atoms with Gasteiger partial charge in [-0.3, -0.25) is 4.79 Å². The lowest BCUT2D eigenvalue weighted by Crippen LogP contribution is -2.32. The third kappa shape index (κ3) is 4.20. The zero-order valence-corrected chi connectivity index (χ0v) is 19.4. The number of rotatable bonds is 7. The number of amides is 1. The second-order valence-electron chi connectivity index (χ2n) is 7.56. The first kappa shape index (κ1) is 21.6. The number of nitrogens with zero attached hydrogens (tertiary/aromatic N) is 5. The van der Waals surface area contributed by atoms with E-state index in [1.807, 2.05) is 89.9 Å². The molecule has 0 fully saturated rings. The van der Waals surface area contributed by atoms with E-state index in [2.05, 4.69) is 20.4 Å². The molecule has 1 amide bonds. The first-order chi connectivity index (χ1) is 16.6. The van der Waals surface area contributed by atoms with Gasteiger partial charge in [-0.2, -0.15) is 0 Å². The van der Waals surface area contributed by atoms with E-state index in [9.17, 15) is 4.79 Å². The maximum Gasteiger partial charge on any atom is 0.291 e. The molecule has 0 saturated carbocycles. The minimum atomic E-state index is -0.493. The number of hydrogen-bond donors (Lipinski definition) is 1. The standard InChI is InChI=1S/C25H22N6O2S/c1-30-15-14-26-24(30)21(17-10-12-19(33-2)13-11-17)27-25(32)22-28-23(20-9-6-16-34-20)31(29-22)18-7-4-3-5-8-18/h3-16,21H,1-2H3,(H,27,32). The summed E-state index contributed by atoms with van der Waals surface area (Å²) < 4.78 is 8.85. The molecule has 0 aliphatic carbocycles. The van der Waals surface area contributed by atoms with Crippen LogP contribution in [0.5, 0.6) is 5.75 Å². The van der Waals surface area contributed by atoms with Crippen molar-refractivity contribution in [1.29, 1.82) is 0 Å². The van der Waals surface area contributed by atoms with Gasteiger partial charge in [-0.15, -0.1) is 16.4 Å². The van der Waals surface area contributed by atoms with Gasteiger partial charge >= 0.3 is 0 Å². The van der Waals surface area contributed by atoms with Crippen LogP contribution in [0.3, 0.4) is 0 Å². The highest BCUT2D eigenvalue weighted by Gasteiger charge is 2.25. The Morgan fingerprint density at radius 1 is 1.06 bits per heavy atom. The van der Waals surface area contributed by atoms with Crippen molar-refractivity contribution in [3.05, 3.63) is 102 Å². The van der Waals surface area contributed by atoms with Crippen LogP contribution in [0, 0.1) is 0 Å². The molecule has 0 saturated heterocycles. The monoisotopic (exact) mass is 470 g/mol. The number of aryl methyl sites for hydroxylation is 1. The Morgan fingerprint density at radius 2 is 1.85 bits per heavy atom. The highest BCUT2D eigenvalue weighted by molar-refractivity contribution is 7.13. The Hall–Kier alpha value is -4.24. The van der Waals surface area contributed by atoms with Gasteiger partial charge in [0.1, 0.15) is 17.6 Å². The molecule has 170 valence electrons. The van der Waals surface area contributed by atoms with Gasteiger partial charge in [0.2, 0.25) is 5.82 Å². The molecule has 0 radical (unpaired) electrons. The average molecular weight is 471 g/mol. The molecule has 0 bridgehead atoms. The van der Waals surface area contributed by atoms with Crippen LogP contribution in [0.15, 0.2) is 84.5 Å². The van der Waals surface area contributed by atoms with Crippen LogP contribution in [0.25, 0.3) is 16.4 Å². The van der Waals surface area contributed by atoms with E-state index in [0.717, 1.165) is 21.9 Å². The number of benzene rings is 2. The Morgan fingerprint density at radius 3 is 2.50 bits per heavy atom. The molecule has 8 nitrogen and oxygen atoms in total. The summed E-state index contributed by atoms with van der Waals surface area (Å²) in [5, 5.41) is 9.61. The summed E-state index contributed by atoms with van der Waals surface area (Å²) >= 11 is 1.54. The summed E-state index contributed by atoms with van der Waals surface area (Å²) in [4.78, 5) is 23.4. The molecule has 5 aromatic rings. The predicted octanol–water partition coefficient (Wildman–Crippen LogP) is 4.26. The quantitative estimate of drug-likeness (QED) is 0.384. The lowest BCUT2D eigenvalue weighted by molar-refractivity contribution is 0.0930. The molecule has 1 unspecified atom stereocenters. The summed E-state index contributed by atoms with van der Waals surface area (Å²) in [6.45, 7) is 0. The normalized spacial score (nSPS) is 11.8. The minimum Gasteiger partial charge on any atom is -0.497 e. The van der Waals surface area contributed by atoms with Crippen molar-refractivity contribution >= 4 is 17.2 Å². The molecule has 1 atom stereocenters. The van der Waals surface area contributed by atoms with Crippen LogP contribution >= 0.6 is 11.3 Å². The number of carbonyl (C=O) groups excluding carboxylic acids is 1. The van der Waals surface area contributed by atoms with Crippen molar-refractivity contribution < 1.29 is 9.53 Å². The Balaban J connectivity index is 1.52. The zero-order chi connectivity index (χ0) is 23.5. The smallest absolute Gasteiger partial charge is 0.291 e. The minimum absolute atomic E-state index is 0.0833. The number of hydrogen-bond acceptors (Lipinski definition) is 6. The van der Waals surface area contributed by atoms with Crippen LogP contribution in [-0.4, -0.2) is 37.3 Å². The summed E-state index contributed by atoms with van der Waals surface area (Å²) in [6, 6.07) is 20.6. The molecular weight excluding hydrogens is 448 g/mol. The molecule has 3 heterocycles. The molecule has 9 heteroatoms. The highest BCUT2D eigenvalue weighted by atomic mass is 32.1. The predicted molar refractivity (Wildman–Crippen MR) is 130 cm³/mol. The first-order valence-corrected chi connectivity index (χ1v) is 11.5. The Labute approximate surface area is 200 Å². The number of methoxy groups -OCH3 is 1. The summed E-state index contributed by atoms with van der Waals surface area (Å²) in [7, 11) is 3.51. The lowest BCUT2D eigenvalue weighted by Gasteiger charge is -2.18. The average Bonchev–Trinajstić information content (AvgIpc) is 3.64. The third-order valence-electron chi connectivity index (χ3n) is 5.39. The fourth-order valence-corrected chi connectivity index (χ4v) is 4.37. The van der Waals surface area contributed by atoms with Crippen molar-refractivity contribution in [2.75, 3.05) is 7.11 Å². The van der Waals surface area contributed by atoms with Crippen LogP contribution in [0.4, 0.5) is 0 Å². The van der Waals surface area contributed by atoms with Gasteiger partial charge in [0, 0.05) is 19.4 Å². The molecule has 1 N–H and O–H groups in total. The topological polar surface area (TPSA) is 86.9 Å². The van der Waals surface area contributed by atoms with Gasteiger partial charge in [0.15, 0.2) is 5.82 Å². The Kier molecular flexibility index (Phi) is 5.92. The van der Waals surface area contributed by atoms with Crippen molar-refractivity contribution in [2.24, 2.45) is 7.05 Å². The third-order valence-corrected chi connectivity index (χ3v) is 6.26. The van der Waals surface area contributed by atoms with Crippen LogP contribution in [-0.2, 0) is 7.05 Å². The zero-order valence-electron chi connectivity index (χ0n) is 18.6. The molecule has 5 rings (SSSR count). The lowest BCUT2D eigenvalue weighted by atomic mass is 10.1. The van der Waals surface area contributed by atoms with Crippen molar-refractivity contribution in [2.45, 2.75) is 6.04 Å². The van der Waals surface area contributed by atoms with Gasteiger partial charge in [-0.25, -0.2) is 14.6 Å².